The van der Waals surface area contributed by atoms with E-state index in [1.807, 2.05) is 31.2 Å². The first-order valence-electron chi connectivity index (χ1n) is 11.5. The molecule has 1 aromatic heterocycles. The zero-order valence-electron chi connectivity index (χ0n) is 18.8. The van der Waals surface area contributed by atoms with E-state index in [9.17, 15) is 9.59 Å². The third-order valence-corrected chi connectivity index (χ3v) is 6.22. The highest BCUT2D eigenvalue weighted by molar-refractivity contribution is 5.79. The lowest BCUT2D eigenvalue weighted by Gasteiger charge is -2.32. The number of hydrogen-bond donors (Lipinski definition) is 2. The van der Waals surface area contributed by atoms with Gasteiger partial charge in [0.15, 0.2) is 0 Å². The quantitative estimate of drug-likeness (QED) is 0.538. The summed E-state index contributed by atoms with van der Waals surface area (Å²) in [4.78, 5) is 29.7. The Hall–Kier alpha value is -3.28. The molecule has 1 fully saturated rings. The van der Waals surface area contributed by atoms with Crippen LogP contribution in [0.5, 0.6) is 0 Å². The number of hydrogen-bond acceptors (Lipinski definition) is 5. The highest BCUT2D eigenvalue weighted by atomic mass is 16.5. The molecule has 3 aromatic rings. The summed E-state index contributed by atoms with van der Waals surface area (Å²) >= 11 is 0. The lowest BCUT2D eigenvalue weighted by molar-refractivity contribution is -0.148. The third kappa shape index (κ3) is 4.96. The van der Waals surface area contributed by atoms with Gasteiger partial charge in [0.05, 0.1) is 12.5 Å². The van der Waals surface area contributed by atoms with Crippen LogP contribution < -0.4 is 15.8 Å². The van der Waals surface area contributed by atoms with Crippen molar-refractivity contribution in [3.8, 4) is 0 Å². The van der Waals surface area contributed by atoms with Crippen molar-refractivity contribution in [2.24, 2.45) is 5.92 Å². The summed E-state index contributed by atoms with van der Waals surface area (Å²) in [7, 11) is 0. The SMILES string of the molecule is CCOC(=O)C1CCN(c2ccc(NCc3cc4cc(CC)ccc4[nH]c3=O)cc2)CC1. The van der Waals surface area contributed by atoms with Crippen LogP contribution in [-0.2, 0) is 22.5 Å². The summed E-state index contributed by atoms with van der Waals surface area (Å²) in [6.45, 7) is 6.58. The average molecular weight is 434 g/mol. The van der Waals surface area contributed by atoms with Crippen molar-refractivity contribution in [1.82, 2.24) is 4.98 Å². The lowest BCUT2D eigenvalue weighted by atomic mass is 9.96. The first kappa shape index (κ1) is 21.9. The second-order valence-corrected chi connectivity index (χ2v) is 8.31. The summed E-state index contributed by atoms with van der Waals surface area (Å²) in [5, 5.41) is 4.42. The minimum atomic E-state index is -0.0682. The van der Waals surface area contributed by atoms with Crippen LogP contribution in [0.15, 0.2) is 53.3 Å². The molecule has 1 aliphatic rings. The van der Waals surface area contributed by atoms with Gasteiger partial charge >= 0.3 is 5.97 Å². The van der Waals surface area contributed by atoms with Crippen molar-refractivity contribution in [1.29, 1.82) is 0 Å². The molecule has 6 heteroatoms. The number of nitrogens with zero attached hydrogens (tertiary/aromatic N) is 1. The van der Waals surface area contributed by atoms with E-state index in [4.69, 9.17) is 4.74 Å². The minimum absolute atomic E-state index is 0.0144. The monoisotopic (exact) mass is 433 g/mol. The van der Waals surface area contributed by atoms with Gasteiger partial charge in [0.2, 0.25) is 0 Å². The molecule has 32 heavy (non-hydrogen) atoms. The molecule has 0 unspecified atom stereocenters. The summed E-state index contributed by atoms with van der Waals surface area (Å²) in [5.74, 6) is -0.0538. The smallest absolute Gasteiger partial charge is 0.309 e. The van der Waals surface area contributed by atoms with Crippen molar-refractivity contribution in [2.75, 3.05) is 29.9 Å². The lowest BCUT2D eigenvalue weighted by Crippen LogP contribution is -2.36. The highest BCUT2D eigenvalue weighted by Gasteiger charge is 2.26. The second-order valence-electron chi connectivity index (χ2n) is 8.31. The molecule has 2 aromatic carbocycles. The van der Waals surface area contributed by atoms with Gasteiger partial charge in [-0.25, -0.2) is 0 Å². The fourth-order valence-corrected chi connectivity index (χ4v) is 4.27. The predicted octanol–water partition coefficient (Wildman–Crippen LogP) is 4.48. The molecule has 1 aliphatic heterocycles. The third-order valence-electron chi connectivity index (χ3n) is 6.22. The number of esters is 1. The number of anilines is 2. The number of pyridine rings is 1. The van der Waals surface area contributed by atoms with E-state index in [2.05, 4.69) is 46.4 Å². The van der Waals surface area contributed by atoms with Gasteiger partial charge in [-0.2, -0.15) is 0 Å². The Kier molecular flexibility index (Phi) is 6.78. The maximum atomic E-state index is 12.4. The summed E-state index contributed by atoms with van der Waals surface area (Å²) in [6.07, 6.45) is 2.61. The minimum Gasteiger partial charge on any atom is -0.466 e. The number of aryl methyl sites for hydroxylation is 1. The van der Waals surface area contributed by atoms with Gasteiger partial charge in [-0.15, -0.1) is 0 Å². The number of aromatic amines is 1. The van der Waals surface area contributed by atoms with E-state index < -0.39 is 0 Å². The number of fused-ring (bicyclic) bond motifs is 1. The van der Waals surface area contributed by atoms with Crippen molar-refractivity contribution in [3.05, 3.63) is 70.0 Å². The maximum absolute atomic E-state index is 12.4. The predicted molar refractivity (Wildman–Crippen MR) is 129 cm³/mol. The van der Waals surface area contributed by atoms with Gasteiger partial charge in [0, 0.05) is 42.1 Å². The summed E-state index contributed by atoms with van der Waals surface area (Å²) < 4.78 is 5.15. The molecule has 0 saturated carbocycles. The molecule has 0 aliphatic carbocycles. The van der Waals surface area contributed by atoms with E-state index >= 15 is 0 Å². The van der Waals surface area contributed by atoms with Crippen molar-refractivity contribution in [3.63, 3.8) is 0 Å². The van der Waals surface area contributed by atoms with E-state index in [1.54, 1.807) is 0 Å². The normalized spacial score (nSPS) is 14.5. The Morgan fingerprint density at radius 1 is 1.09 bits per heavy atom. The van der Waals surface area contributed by atoms with Crippen LogP contribution in [0.4, 0.5) is 11.4 Å². The molecular weight excluding hydrogens is 402 g/mol. The number of benzene rings is 2. The largest absolute Gasteiger partial charge is 0.466 e. The average Bonchev–Trinajstić information content (AvgIpc) is 2.83. The number of rotatable bonds is 7. The number of piperidine rings is 1. The molecular formula is C26H31N3O3. The molecule has 168 valence electrons. The van der Waals surface area contributed by atoms with Gasteiger partial charge in [-0.05, 0) is 79.6 Å². The van der Waals surface area contributed by atoms with Crippen LogP contribution >= 0.6 is 0 Å². The van der Waals surface area contributed by atoms with E-state index in [0.717, 1.165) is 60.2 Å². The van der Waals surface area contributed by atoms with E-state index in [-0.39, 0.29) is 17.4 Å². The Bertz CT molecular complexity index is 1130. The molecule has 0 atom stereocenters. The van der Waals surface area contributed by atoms with Crippen LogP contribution in [0.3, 0.4) is 0 Å². The summed E-state index contributed by atoms with van der Waals surface area (Å²) in [5.41, 5.74) is 4.90. The van der Waals surface area contributed by atoms with E-state index in [0.29, 0.717) is 13.2 Å². The van der Waals surface area contributed by atoms with E-state index in [1.165, 1.54) is 5.56 Å². The van der Waals surface area contributed by atoms with Crippen LogP contribution in [0, 0.1) is 5.92 Å². The summed E-state index contributed by atoms with van der Waals surface area (Å²) in [6, 6.07) is 16.4. The number of H-pyrrole nitrogens is 1. The van der Waals surface area contributed by atoms with Crippen molar-refractivity contribution in [2.45, 2.75) is 39.7 Å². The van der Waals surface area contributed by atoms with Crippen LogP contribution in [0.25, 0.3) is 10.9 Å². The molecule has 6 nitrogen and oxygen atoms in total. The Labute approximate surface area is 188 Å². The first-order chi connectivity index (χ1) is 15.6. The zero-order chi connectivity index (χ0) is 22.5. The first-order valence-corrected chi connectivity index (χ1v) is 11.5. The van der Waals surface area contributed by atoms with Gasteiger partial charge in [-0.1, -0.05) is 13.0 Å². The van der Waals surface area contributed by atoms with Gasteiger partial charge in [0.25, 0.3) is 5.56 Å². The standard InChI is InChI=1S/C26H31N3O3/c1-3-18-5-10-24-20(15-18)16-21(25(30)28-24)17-27-22-6-8-23(9-7-22)29-13-11-19(12-14-29)26(31)32-4-2/h5-10,15-16,19,27H,3-4,11-14,17H2,1-2H3,(H,28,30). The molecule has 2 N–H and O–H groups in total. The Balaban J connectivity index is 1.37. The molecule has 4 rings (SSSR count). The fraction of sp³-hybridized carbons (Fsp3) is 0.385. The van der Waals surface area contributed by atoms with Crippen molar-refractivity contribution < 1.29 is 9.53 Å². The molecule has 0 bridgehead atoms. The highest BCUT2D eigenvalue weighted by Crippen LogP contribution is 2.25. The number of ether oxygens (including phenoxy) is 1. The van der Waals surface area contributed by atoms with Crippen LogP contribution in [-0.4, -0.2) is 30.6 Å². The maximum Gasteiger partial charge on any atom is 0.309 e. The fourth-order valence-electron chi connectivity index (χ4n) is 4.27. The van der Waals surface area contributed by atoms with Crippen molar-refractivity contribution >= 4 is 28.2 Å². The number of aromatic nitrogens is 1. The Morgan fingerprint density at radius 3 is 2.53 bits per heavy atom. The molecule has 0 amide bonds. The van der Waals surface area contributed by atoms with Gasteiger partial charge < -0.3 is 19.9 Å². The molecule has 2 heterocycles. The number of nitrogens with one attached hydrogen (secondary N) is 2. The van der Waals surface area contributed by atoms with Crippen LogP contribution in [0.1, 0.15) is 37.8 Å². The van der Waals surface area contributed by atoms with Gasteiger partial charge in [-0.3, -0.25) is 9.59 Å². The zero-order valence-corrected chi connectivity index (χ0v) is 18.8. The molecule has 1 saturated heterocycles. The van der Waals surface area contributed by atoms with Crippen LogP contribution in [0.2, 0.25) is 0 Å². The number of carbonyl (C=O) groups is 1. The second kappa shape index (κ2) is 9.90. The topological polar surface area (TPSA) is 74.4 Å². The van der Waals surface area contributed by atoms with Gasteiger partial charge in [0.1, 0.15) is 0 Å². The molecule has 0 spiro atoms. The number of carbonyl (C=O) groups excluding carboxylic acids is 1. The Morgan fingerprint density at radius 2 is 1.84 bits per heavy atom. The molecule has 0 radical (unpaired) electrons.